The number of hydrogen-bond donors (Lipinski definition) is 1. The van der Waals surface area contributed by atoms with E-state index in [1.54, 1.807) is 4.68 Å². The average Bonchev–Trinajstić information content (AvgIpc) is 2.41. The summed E-state index contributed by atoms with van der Waals surface area (Å²) in [6.45, 7) is 8.11. The molecule has 1 heterocycles. The van der Waals surface area contributed by atoms with Crippen LogP contribution in [0.25, 0.3) is 0 Å². The molecule has 1 N–H and O–H groups in total. The minimum atomic E-state index is 0.148. The molecule has 3 nitrogen and oxygen atoms in total. The molecule has 0 atom stereocenters. The third-order valence-electron chi connectivity index (χ3n) is 2.32. The van der Waals surface area contributed by atoms with Crippen molar-refractivity contribution in [2.24, 2.45) is 0 Å². The Labute approximate surface area is 78.8 Å². The van der Waals surface area contributed by atoms with Gasteiger partial charge >= 0.3 is 0 Å². The van der Waals surface area contributed by atoms with Crippen molar-refractivity contribution >= 4 is 0 Å². The lowest BCUT2D eigenvalue weighted by atomic mass is 10.1. The number of aromatic amines is 1. The zero-order valence-electron chi connectivity index (χ0n) is 8.85. The maximum atomic E-state index is 11.8. The molecule has 1 aromatic rings. The van der Waals surface area contributed by atoms with E-state index in [-0.39, 0.29) is 11.6 Å². The number of nitrogens with one attached hydrogen (secondary N) is 1. The van der Waals surface area contributed by atoms with Gasteiger partial charge in [-0.2, -0.15) is 0 Å². The Kier molecular flexibility index (Phi) is 2.96. The Morgan fingerprint density at radius 3 is 2.23 bits per heavy atom. The summed E-state index contributed by atoms with van der Waals surface area (Å²) in [6, 6.07) is 0.220. The van der Waals surface area contributed by atoms with E-state index in [0.29, 0.717) is 0 Å². The monoisotopic (exact) mass is 182 g/mol. The second-order valence-corrected chi connectivity index (χ2v) is 3.54. The second-order valence-electron chi connectivity index (χ2n) is 3.54. The highest BCUT2D eigenvalue weighted by molar-refractivity contribution is 5.17. The van der Waals surface area contributed by atoms with Gasteiger partial charge in [0.15, 0.2) is 0 Å². The molecule has 0 aliphatic rings. The predicted octanol–water partition coefficient (Wildman–Crippen LogP) is 1.88. The molecule has 0 aliphatic heterocycles. The van der Waals surface area contributed by atoms with Crippen LogP contribution in [0.1, 0.15) is 45.0 Å². The number of nitrogens with zero attached hydrogens (tertiary/aromatic N) is 1. The lowest BCUT2D eigenvalue weighted by Gasteiger charge is -2.03. The van der Waals surface area contributed by atoms with E-state index in [9.17, 15) is 4.79 Å². The average molecular weight is 182 g/mol. The van der Waals surface area contributed by atoms with Crippen molar-refractivity contribution in [2.75, 3.05) is 0 Å². The van der Waals surface area contributed by atoms with Gasteiger partial charge < -0.3 is 0 Å². The van der Waals surface area contributed by atoms with Gasteiger partial charge in [-0.15, -0.1) is 0 Å². The largest absolute Gasteiger partial charge is 0.299 e. The molecular formula is C10H18N2O. The summed E-state index contributed by atoms with van der Waals surface area (Å²) >= 11 is 0. The molecule has 0 saturated carbocycles. The summed E-state index contributed by atoms with van der Waals surface area (Å²) in [7, 11) is 0. The van der Waals surface area contributed by atoms with Crippen LogP contribution in [0.3, 0.4) is 0 Å². The minimum Gasteiger partial charge on any atom is -0.299 e. The predicted molar refractivity (Wildman–Crippen MR) is 54.2 cm³/mol. The van der Waals surface area contributed by atoms with Gasteiger partial charge in [0.25, 0.3) is 5.56 Å². The molecular weight excluding hydrogens is 164 g/mol. The summed E-state index contributed by atoms with van der Waals surface area (Å²) in [5, 5.41) is 3.15. The summed E-state index contributed by atoms with van der Waals surface area (Å²) < 4.78 is 1.71. The standard InChI is InChI=1S/C10H18N2O/c1-5-8-9(6-2)11-12(7(3)4)10(8)13/h7,11H,5-6H2,1-4H3. The van der Waals surface area contributed by atoms with Crippen molar-refractivity contribution in [2.45, 2.75) is 46.6 Å². The highest BCUT2D eigenvalue weighted by Gasteiger charge is 2.12. The quantitative estimate of drug-likeness (QED) is 0.761. The third kappa shape index (κ3) is 1.69. The molecule has 0 saturated heterocycles. The first-order valence-corrected chi connectivity index (χ1v) is 4.94. The molecule has 0 aliphatic carbocycles. The highest BCUT2D eigenvalue weighted by Crippen LogP contribution is 2.06. The summed E-state index contributed by atoms with van der Waals surface area (Å²) in [4.78, 5) is 11.8. The van der Waals surface area contributed by atoms with Crippen LogP contribution in [0.15, 0.2) is 4.79 Å². The van der Waals surface area contributed by atoms with Crippen LogP contribution >= 0.6 is 0 Å². The number of aryl methyl sites for hydroxylation is 1. The fraction of sp³-hybridized carbons (Fsp3) is 0.700. The van der Waals surface area contributed by atoms with Crippen molar-refractivity contribution in [1.82, 2.24) is 9.78 Å². The Hall–Kier alpha value is -0.990. The fourth-order valence-electron chi connectivity index (χ4n) is 1.56. The van der Waals surface area contributed by atoms with Crippen molar-refractivity contribution in [3.63, 3.8) is 0 Å². The smallest absolute Gasteiger partial charge is 0.270 e. The molecule has 0 fully saturated rings. The van der Waals surface area contributed by atoms with E-state index in [1.807, 2.05) is 20.8 Å². The molecule has 1 aromatic heterocycles. The Bertz CT molecular complexity index is 333. The van der Waals surface area contributed by atoms with Crippen molar-refractivity contribution in [3.05, 3.63) is 21.6 Å². The number of hydrogen-bond acceptors (Lipinski definition) is 1. The van der Waals surface area contributed by atoms with Gasteiger partial charge in [0, 0.05) is 17.3 Å². The van der Waals surface area contributed by atoms with Gasteiger partial charge in [0.05, 0.1) is 0 Å². The van der Waals surface area contributed by atoms with Crippen LogP contribution in [0.5, 0.6) is 0 Å². The number of rotatable bonds is 3. The Morgan fingerprint density at radius 1 is 1.31 bits per heavy atom. The summed E-state index contributed by atoms with van der Waals surface area (Å²) in [5.41, 5.74) is 2.17. The van der Waals surface area contributed by atoms with Crippen LogP contribution < -0.4 is 5.56 Å². The summed E-state index contributed by atoms with van der Waals surface area (Å²) in [6.07, 6.45) is 1.72. The minimum absolute atomic E-state index is 0.148. The lowest BCUT2D eigenvalue weighted by molar-refractivity contribution is 0.511. The zero-order chi connectivity index (χ0) is 10.0. The molecule has 3 heteroatoms. The third-order valence-corrected chi connectivity index (χ3v) is 2.32. The highest BCUT2D eigenvalue weighted by atomic mass is 16.1. The van der Waals surface area contributed by atoms with Gasteiger partial charge in [-0.3, -0.25) is 14.6 Å². The fourth-order valence-corrected chi connectivity index (χ4v) is 1.56. The van der Waals surface area contributed by atoms with E-state index in [0.717, 1.165) is 24.1 Å². The molecule has 74 valence electrons. The molecule has 1 rings (SSSR count). The first-order chi connectivity index (χ1) is 6.11. The van der Waals surface area contributed by atoms with Gasteiger partial charge in [-0.05, 0) is 26.7 Å². The molecule has 0 aromatic carbocycles. The van der Waals surface area contributed by atoms with Gasteiger partial charge in [-0.25, -0.2) is 0 Å². The van der Waals surface area contributed by atoms with Gasteiger partial charge in [-0.1, -0.05) is 13.8 Å². The van der Waals surface area contributed by atoms with Crippen LogP contribution in [0.4, 0.5) is 0 Å². The molecule has 0 radical (unpaired) electrons. The molecule has 0 bridgehead atoms. The van der Waals surface area contributed by atoms with Crippen LogP contribution in [0, 0.1) is 0 Å². The van der Waals surface area contributed by atoms with Crippen molar-refractivity contribution in [1.29, 1.82) is 0 Å². The van der Waals surface area contributed by atoms with E-state index >= 15 is 0 Å². The topological polar surface area (TPSA) is 37.8 Å². The van der Waals surface area contributed by atoms with Crippen LogP contribution in [-0.4, -0.2) is 9.78 Å². The Balaban J connectivity index is 3.27. The van der Waals surface area contributed by atoms with E-state index in [4.69, 9.17) is 0 Å². The van der Waals surface area contributed by atoms with Crippen molar-refractivity contribution in [3.8, 4) is 0 Å². The molecule has 0 spiro atoms. The maximum absolute atomic E-state index is 11.8. The van der Waals surface area contributed by atoms with E-state index < -0.39 is 0 Å². The van der Waals surface area contributed by atoms with E-state index in [1.165, 1.54) is 0 Å². The zero-order valence-corrected chi connectivity index (χ0v) is 8.85. The van der Waals surface area contributed by atoms with Gasteiger partial charge in [0.2, 0.25) is 0 Å². The van der Waals surface area contributed by atoms with Crippen molar-refractivity contribution < 1.29 is 0 Å². The first kappa shape index (κ1) is 10.1. The maximum Gasteiger partial charge on any atom is 0.270 e. The molecule has 0 unspecified atom stereocenters. The number of aromatic nitrogens is 2. The molecule has 0 amide bonds. The van der Waals surface area contributed by atoms with Crippen LogP contribution in [-0.2, 0) is 12.8 Å². The SMILES string of the molecule is CCc1[nH]n(C(C)C)c(=O)c1CC. The van der Waals surface area contributed by atoms with Gasteiger partial charge in [0.1, 0.15) is 0 Å². The van der Waals surface area contributed by atoms with E-state index in [2.05, 4.69) is 12.0 Å². The first-order valence-electron chi connectivity index (χ1n) is 4.94. The van der Waals surface area contributed by atoms with Crippen LogP contribution in [0.2, 0.25) is 0 Å². The number of H-pyrrole nitrogens is 1. The lowest BCUT2D eigenvalue weighted by Crippen LogP contribution is -2.20. The second kappa shape index (κ2) is 3.81. The molecule has 13 heavy (non-hydrogen) atoms. The Morgan fingerprint density at radius 2 is 1.92 bits per heavy atom. The summed E-state index contributed by atoms with van der Waals surface area (Å²) in [5.74, 6) is 0. The normalized spacial score (nSPS) is 11.2.